The van der Waals surface area contributed by atoms with Crippen LogP contribution in [0.25, 0.3) is 11.3 Å². The van der Waals surface area contributed by atoms with Gasteiger partial charge in [-0.25, -0.2) is 0 Å². The molecule has 1 aromatic carbocycles. The van der Waals surface area contributed by atoms with Gasteiger partial charge in [0.15, 0.2) is 17.0 Å². The third-order valence-electron chi connectivity index (χ3n) is 5.48. The molecule has 128 valence electrons. The van der Waals surface area contributed by atoms with Crippen LogP contribution in [0.15, 0.2) is 40.0 Å². The number of hydrogen-bond acceptors (Lipinski definition) is 5. The minimum absolute atomic E-state index is 0.0162. The third kappa shape index (κ3) is 1.51. The molecular formula is C20H15N3O3. The molecule has 0 unspecified atom stereocenters. The van der Waals surface area contributed by atoms with Crippen LogP contribution in [0.2, 0.25) is 0 Å². The maximum Gasteiger partial charge on any atom is 0.292 e. The van der Waals surface area contributed by atoms with Crippen LogP contribution < -0.4 is 5.73 Å². The molecule has 5 rings (SSSR count). The summed E-state index contributed by atoms with van der Waals surface area (Å²) in [5.41, 5.74) is 7.58. The van der Waals surface area contributed by atoms with E-state index in [1.807, 2.05) is 24.3 Å². The molecule has 1 atom stereocenters. The molecule has 1 amide bonds. The number of oxazole rings is 1. The molecule has 0 radical (unpaired) electrons. The SMILES string of the molecule is C#CCN1C(=O)[C@@]2(C3=C1CCCC3=O)c1ccccc1-c1oc(N)nc12. The number of carbonyl (C=O) groups excluding carboxylic acids is 2. The summed E-state index contributed by atoms with van der Waals surface area (Å²) in [5, 5.41) is 0. The average molecular weight is 345 g/mol. The maximum atomic E-state index is 13.7. The van der Waals surface area contributed by atoms with Crippen LogP contribution in [0.1, 0.15) is 30.5 Å². The molecule has 3 aliphatic rings. The van der Waals surface area contributed by atoms with Gasteiger partial charge < -0.3 is 15.1 Å². The van der Waals surface area contributed by atoms with E-state index in [2.05, 4.69) is 10.9 Å². The minimum Gasteiger partial charge on any atom is -0.423 e. The predicted octanol–water partition coefficient (Wildman–Crippen LogP) is 2.01. The molecule has 0 saturated carbocycles. The molecule has 0 bridgehead atoms. The van der Waals surface area contributed by atoms with Crippen LogP contribution in [0.3, 0.4) is 0 Å². The second-order valence-electron chi connectivity index (χ2n) is 6.72. The summed E-state index contributed by atoms with van der Waals surface area (Å²) < 4.78 is 5.62. The highest BCUT2D eigenvalue weighted by molar-refractivity contribution is 6.16. The number of benzene rings is 1. The lowest BCUT2D eigenvalue weighted by Crippen LogP contribution is -2.42. The monoisotopic (exact) mass is 345 g/mol. The Hall–Kier alpha value is -3.33. The van der Waals surface area contributed by atoms with Crippen molar-refractivity contribution in [3.63, 3.8) is 0 Å². The molecule has 6 nitrogen and oxygen atoms in total. The first-order valence-corrected chi connectivity index (χ1v) is 8.49. The van der Waals surface area contributed by atoms with E-state index in [-0.39, 0.29) is 24.2 Å². The first kappa shape index (κ1) is 15.0. The van der Waals surface area contributed by atoms with Crippen molar-refractivity contribution in [2.24, 2.45) is 0 Å². The van der Waals surface area contributed by atoms with Gasteiger partial charge in [-0.2, -0.15) is 4.98 Å². The Kier molecular flexibility index (Phi) is 2.79. The van der Waals surface area contributed by atoms with Crippen molar-refractivity contribution in [1.82, 2.24) is 9.88 Å². The van der Waals surface area contributed by atoms with Crippen molar-refractivity contribution in [3.05, 3.63) is 46.8 Å². The van der Waals surface area contributed by atoms with Gasteiger partial charge in [0, 0.05) is 23.3 Å². The number of rotatable bonds is 1. The number of Topliss-reactive ketones (excluding diaryl/α,β-unsaturated/α-hetero) is 1. The number of nitrogens with two attached hydrogens (primary N) is 1. The van der Waals surface area contributed by atoms with E-state index in [4.69, 9.17) is 16.6 Å². The Bertz CT molecular complexity index is 1070. The van der Waals surface area contributed by atoms with Crippen molar-refractivity contribution < 1.29 is 14.0 Å². The molecule has 6 heteroatoms. The van der Waals surface area contributed by atoms with Crippen molar-refractivity contribution in [3.8, 4) is 23.7 Å². The Morgan fingerprint density at radius 2 is 2.12 bits per heavy atom. The largest absolute Gasteiger partial charge is 0.423 e. The maximum absolute atomic E-state index is 13.7. The van der Waals surface area contributed by atoms with Gasteiger partial charge in [-0.15, -0.1) is 6.42 Å². The first-order chi connectivity index (χ1) is 12.6. The number of hydrogen-bond donors (Lipinski definition) is 1. The molecule has 2 N–H and O–H groups in total. The van der Waals surface area contributed by atoms with Gasteiger partial charge in [0.25, 0.3) is 6.01 Å². The number of amides is 1. The lowest BCUT2D eigenvalue weighted by molar-refractivity contribution is -0.131. The van der Waals surface area contributed by atoms with Crippen LogP contribution in [0.4, 0.5) is 6.01 Å². The Morgan fingerprint density at radius 3 is 2.92 bits per heavy atom. The highest BCUT2D eigenvalue weighted by atomic mass is 16.4. The van der Waals surface area contributed by atoms with Gasteiger partial charge in [-0.3, -0.25) is 9.59 Å². The van der Waals surface area contributed by atoms with Crippen LogP contribution in [-0.2, 0) is 15.0 Å². The van der Waals surface area contributed by atoms with Gasteiger partial charge in [-0.05, 0) is 18.4 Å². The van der Waals surface area contributed by atoms with Gasteiger partial charge in [0.05, 0.1) is 6.54 Å². The molecule has 1 aliphatic heterocycles. The Labute approximate surface area is 149 Å². The van der Waals surface area contributed by atoms with E-state index in [0.29, 0.717) is 47.6 Å². The summed E-state index contributed by atoms with van der Waals surface area (Å²) in [7, 11) is 0. The van der Waals surface area contributed by atoms with Gasteiger partial charge in [-0.1, -0.05) is 30.2 Å². The summed E-state index contributed by atoms with van der Waals surface area (Å²) in [6, 6.07) is 7.40. The van der Waals surface area contributed by atoms with Crippen LogP contribution >= 0.6 is 0 Å². The number of ketones is 1. The summed E-state index contributed by atoms with van der Waals surface area (Å²) in [6.07, 6.45) is 7.25. The molecule has 26 heavy (non-hydrogen) atoms. The Balaban J connectivity index is 1.91. The van der Waals surface area contributed by atoms with Crippen molar-refractivity contribution >= 4 is 17.7 Å². The van der Waals surface area contributed by atoms with Crippen LogP contribution in [-0.4, -0.2) is 28.1 Å². The summed E-state index contributed by atoms with van der Waals surface area (Å²) >= 11 is 0. The molecule has 2 heterocycles. The van der Waals surface area contributed by atoms with Crippen LogP contribution in [0, 0.1) is 12.3 Å². The van der Waals surface area contributed by atoms with Crippen molar-refractivity contribution in [1.29, 1.82) is 0 Å². The van der Waals surface area contributed by atoms with Gasteiger partial charge in [0.2, 0.25) is 5.91 Å². The normalized spacial score (nSPS) is 23.3. The lowest BCUT2D eigenvalue weighted by atomic mass is 9.71. The molecule has 2 aromatic rings. The third-order valence-corrected chi connectivity index (χ3v) is 5.48. The number of anilines is 1. The van der Waals surface area contributed by atoms with E-state index < -0.39 is 5.41 Å². The van der Waals surface area contributed by atoms with Crippen molar-refractivity contribution in [2.75, 3.05) is 12.3 Å². The summed E-state index contributed by atoms with van der Waals surface area (Å²) in [6.45, 7) is 0.123. The second kappa shape index (κ2) is 4.85. The molecule has 0 saturated heterocycles. The molecule has 1 spiro atoms. The summed E-state index contributed by atoms with van der Waals surface area (Å²) in [5.74, 6) is 2.72. The van der Waals surface area contributed by atoms with Crippen molar-refractivity contribution in [2.45, 2.75) is 24.7 Å². The number of fused-ring (bicyclic) bond motifs is 6. The Morgan fingerprint density at radius 1 is 1.31 bits per heavy atom. The first-order valence-electron chi connectivity index (χ1n) is 8.49. The van der Waals surface area contributed by atoms with E-state index >= 15 is 0 Å². The quantitative estimate of drug-likeness (QED) is 0.799. The van der Waals surface area contributed by atoms with Gasteiger partial charge >= 0.3 is 0 Å². The zero-order chi connectivity index (χ0) is 18.1. The number of terminal acetylenes is 1. The average Bonchev–Trinajstić information content (AvgIpc) is 3.22. The number of aromatic nitrogens is 1. The molecular weight excluding hydrogens is 330 g/mol. The topological polar surface area (TPSA) is 89.4 Å². The fourth-order valence-corrected chi connectivity index (χ4v) is 4.59. The highest BCUT2D eigenvalue weighted by Gasteiger charge is 2.63. The minimum atomic E-state index is -1.29. The fraction of sp³-hybridized carbons (Fsp3) is 0.250. The zero-order valence-corrected chi connectivity index (χ0v) is 13.9. The fourth-order valence-electron chi connectivity index (χ4n) is 4.59. The standard InChI is InChI=1S/C20H15N3O3/c1-2-10-23-13-8-5-9-14(24)15(13)20(18(23)25)12-7-4-3-6-11(12)16-17(20)22-19(21)26-16/h1,3-4,6-7H,5,8-10H2,(H2,21,22)/t20-/m1/s1. The number of nitrogen functional groups attached to an aromatic ring is 1. The van der Waals surface area contributed by atoms with Crippen LogP contribution in [0.5, 0.6) is 0 Å². The smallest absolute Gasteiger partial charge is 0.292 e. The molecule has 0 fully saturated rings. The molecule has 1 aromatic heterocycles. The number of allylic oxidation sites excluding steroid dienone is 1. The number of nitrogens with zero attached hydrogens (tertiary/aromatic N) is 2. The van der Waals surface area contributed by atoms with E-state index in [1.165, 1.54) is 0 Å². The van der Waals surface area contributed by atoms with Gasteiger partial charge in [0.1, 0.15) is 5.69 Å². The second-order valence-corrected chi connectivity index (χ2v) is 6.72. The predicted molar refractivity (Wildman–Crippen MR) is 93.6 cm³/mol. The summed E-state index contributed by atoms with van der Waals surface area (Å²) in [4.78, 5) is 32.6. The van der Waals surface area contributed by atoms with E-state index in [9.17, 15) is 9.59 Å². The molecule has 2 aliphatic carbocycles. The zero-order valence-electron chi connectivity index (χ0n) is 13.9. The van der Waals surface area contributed by atoms with E-state index in [1.54, 1.807) is 4.90 Å². The highest BCUT2D eigenvalue weighted by Crippen LogP contribution is 2.59. The number of carbonyl (C=O) groups is 2. The lowest BCUT2D eigenvalue weighted by Gasteiger charge is -2.26. The van der Waals surface area contributed by atoms with E-state index in [0.717, 1.165) is 5.56 Å².